The van der Waals surface area contributed by atoms with E-state index in [-0.39, 0.29) is 11.8 Å². The minimum Gasteiger partial charge on any atom is -0.426 e. The van der Waals surface area contributed by atoms with Gasteiger partial charge in [0.2, 0.25) is 0 Å². The van der Waals surface area contributed by atoms with Crippen LogP contribution in [0.25, 0.3) is 10.8 Å². The van der Waals surface area contributed by atoms with E-state index in [1.165, 1.54) is 0 Å². The van der Waals surface area contributed by atoms with E-state index in [1.54, 1.807) is 0 Å². The van der Waals surface area contributed by atoms with Gasteiger partial charge in [-0.1, -0.05) is 90.1 Å². The van der Waals surface area contributed by atoms with E-state index in [4.69, 9.17) is 8.83 Å². The van der Waals surface area contributed by atoms with Crippen LogP contribution in [0.4, 0.5) is 0 Å². The molecule has 2 atom stereocenters. The van der Waals surface area contributed by atoms with E-state index < -0.39 is 32.9 Å². The summed E-state index contributed by atoms with van der Waals surface area (Å²) < 4.78 is 12.6. The van der Waals surface area contributed by atoms with E-state index in [0.717, 1.165) is 22.3 Å². The van der Waals surface area contributed by atoms with Crippen LogP contribution in [0.5, 0.6) is 0 Å². The van der Waals surface area contributed by atoms with Crippen molar-refractivity contribution in [1.82, 2.24) is 0 Å². The van der Waals surface area contributed by atoms with Crippen LogP contribution in [0.3, 0.4) is 0 Å². The molecule has 36 heavy (non-hydrogen) atoms. The molecule has 6 rings (SSSR count). The van der Waals surface area contributed by atoms with Gasteiger partial charge >= 0.3 is 11.3 Å². The predicted octanol–water partition coefficient (Wildman–Crippen LogP) is 6.64. The molecule has 0 saturated heterocycles. The largest absolute Gasteiger partial charge is 0.426 e. The molecule has 0 fully saturated rings. The van der Waals surface area contributed by atoms with E-state index in [9.17, 15) is 9.59 Å². The summed E-state index contributed by atoms with van der Waals surface area (Å²) in [5.74, 6) is 1.47. The molecule has 2 aromatic heterocycles. The Kier molecular flexibility index (Phi) is 4.39. The fraction of sp³-hybridized carbons (Fsp3) is 0.438. The highest BCUT2D eigenvalue weighted by Crippen LogP contribution is 2.57. The van der Waals surface area contributed by atoms with Crippen molar-refractivity contribution in [2.45, 2.75) is 77.0 Å². The third-order valence-electron chi connectivity index (χ3n) is 9.50. The van der Waals surface area contributed by atoms with Crippen molar-refractivity contribution in [3.05, 3.63) is 103 Å². The molecule has 186 valence electrons. The van der Waals surface area contributed by atoms with E-state index >= 15 is 0 Å². The maximum absolute atomic E-state index is 14.0. The van der Waals surface area contributed by atoms with Crippen molar-refractivity contribution >= 4 is 10.8 Å². The topological polar surface area (TPSA) is 60.4 Å². The molecule has 0 aliphatic heterocycles. The zero-order chi connectivity index (χ0) is 26.0. The van der Waals surface area contributed by atoms with Gasteiger partial charge in [-0.15, -0.1) is 0 Å². The first kappa shape index (κ1) is 23.3. The van der Waals surface area contributed by atoms with Crippen LogP contribution < -0.4 is 11.3 Å². The van der Waals surface area contributed by atoms with Crippen molar-refractivity contribution in [2.75, 3.05) is 0 Å². The molecule has 3 aliphatic carbocycles. The van der Waals surface area contributed by atoms with Gasteiger partial charge in [0.25, 0.3) is 0 Å². The highest BCUT2D eigenvalue weighted by atomic mass is 16.4. The molecule has 0 amide bonds. The number of rotatable bonds is 0. The van der Waals surface area contributed by atoms with Gasteiger partial charge in [0.05, 0.1) is 10.8 Å². The lowest BCUT2D eigenvalue weighted by Crippen LogP contribution is -2.49. The first-order chi connectivity index (χ1) is 16.7. The Labute approximate surface area is 211 Å². The second-order valence-electron chi connectivity index (χ2n) is 13.0. The lowest BCUT2D eigenvalue weighted by Gasteiger charge is -2.51. The Morgan fingerprint density at radius 3 is 1.67 bits per heavy atom. The van der Waals surface area contributed by atoms with Crippen LogP contribution in [-0.4, -0.2) is 0 Å². The van der Waals surface area contributed by atoms with Crippen LogP contribution >= 0.6 is 0 Å². The smallest absolute Gasteiger partial charge is 0.344 e. The Bertz CT molecular complexity index is 1630. The Morgan fingerprint density at radius 1 is 0.611 bits per heavy atom. The van der Waals surface area contributed by atoms with Crippen LogP contribution in [0.2, 0.25) is 0 Å². The van der Waals surface area contributed by atoms with Gasteiger partial charge < -0.3 is 8.83 Å². The van der Waals surface area contributed by atoms with Crippen LogP contribution in [-0.2, 0) is 21.7 Å². The summed E-state index contributed by atoms with van der Waals surface area (Å²) in [4.78, 5) is 27.9. The molecule has 1 aromatic carbocycles. The van der Waals surface area contributed by atoms with E-state index in [0.29, 0.717) is 22.3 Å². The Hall–Kier alpha value is -3.14. The van der Waals surface area contributed by atoms with Gasteiger partial charge in [0.1, 0.15) is 11.5 Å². The number of benzene rings is 1. The quantitative estimate of drug-likeness (QED) is 0.360. The van der Waals surface area contributed by atoms with Crippen LogP contribution in [0, 0.1) is 11.8 Å². The fourth-order valence-corrected chi connectivity index (χ4v) is 7.51. The summed E-state index contributed by atoms with van der Waals surface area (Å²) in [7, 11) is 0. The minimum absolute atomic E-state index is 0.150. The molecular formula is C32H34O4. The van der Waals surface area contributed by atoms with Gasteiger partial charge in [0.15, 0.2) is 0 Å². The molecule has 0 unspecified atom stereocenters. The summed E-state index contributed by atoms with van der Waals surface area (Å²) in [5, 5.41) is 0.771. The van der Waals surface area contributed by atoms with Crippen LogP contribution in [0.15, 0.2) is 67.0 Å². The summed E-state index contributed by atoms with van der Waals surface area (Å²) >= 11 is 0. The predicted molar refractivity (Wildman–Crippen MR) is 143 cm³/mol. The van der Waals surface area contributed by atoms with Crippen molar-refractivity contribution in [1.29, 1.82) is 0 Å². The number of fused-ring (bicyclic) bond motifs is 7. The lowest BCUT2D eigenvalue weighted by molar-refractivity contribution is 0.155. The molecule has 3 aliphatic rings. The van der Waals surface area contributed by atoms with Gasteiger partial charge in [-0.05, 0) is 36.8 Å². The highest BCUT2D eigenvalue weighted by Gasteiger charge is 2.54. The first-order valence-corrected chi connectivity index (χ1v) is 12.9. The maximum atomic E-state index is 14.0. The third kappa shape index (κ3) is 2.60. The SMILES string of the molecule is CC1(C)c2ccccc2C(C)(C)c2c1oc(=O)c1c3c(oc(=O)c21)C(C)(C)[C@@H]1C=CC=C[C@H]1C3(C)C. The molecule has 2 heterocycles. The molecule has 0 saturated carbocycles. The van der Waals surface area contributed by atoms with Crippen molar-refractivity contribution in [3.8, 4) is 0 Å². The highest BCUT2D eigenvalue weighted by molar-refractivity contribution is 5.91. The summed E-state index contributed by atoms with van der Waals surface area (Å²) in [6.45, 7) is 16.9. The average molecular weight is 483 g/mol. The zero-order valence-corrected chi connectivity index (χ0v) is 22.4. The van der Waals surface area contributed by atoms with Crippen molar-refractivity contribution in [3.63, 3.8) is 0 Å². The molecule has 4 heteroatoms. The molecule has 3 aromatic rings. The minimum atomic E-state index is -0.575. The maximum Gasteiger partial charge on any atom is 0.344 e. The van der Waals surface area contributed by atoms with Gasteiger partial charge in [0, 0.05) is 32.8 Å². The van der Waals surface area contributed by atoms with Gasteiger partial charge in [-0.25, -0.2) is 9.59 Å². The van der Waals surface area contributed by atoms with Gasteiger partial charge in [-0.3, -0.25) is 0 Å². The molecule has 0 bridgehead atoms. The number of hydrogen-bond acceptors (Lipinski definition) is 4. The molecule has 0 radical (unpaired) electrons. The Balaban J connectivity index is 1.82. The number of hydrogen-bond donors (Lipinski definition) is 0. The van der Waals surface area contributed by atoms with E-state index in [2.05, 4.69) is 91.8 Å². The summed E-state index contributed by atoms with van der Waals surface area (Å²) in [6.07, 6.45) is 8.58. The molecule has 4 nitrogen and oxygen atoms in total. The van der Waals surface area contributed by atoms with E-state index in [1.807, 2.05) is 12.1 Å². The van der Waals surface area contributed by atoms with Gasteiger partial charge in [-0.2, -0.15) is 0 Å². The monoisotopic (exact) mass is 482 g/mol. The second kappa shape index (κ2) is 6.79. The fourth-order valence-electron chi connectivity index (χ4n) is 7.51. The summed E-state index contributed by atoms with van der Waals surface area (Å²) in [6, 6.07) is 8.25. The third-order valence-corrected chi connectivity index (χ3v) is 9.50. The zero-order valence-electron chi connectivity index (χ0n) is 22.4. The van der Waals surface area contributed by atoms with Crippen molar-refractivity contribution in [2.24, 2.45) is 11.8 Å². The molecular weight excluding hydrogens is 448 g/mol. The molecule has 0 spiro atoms. The summed E-state index contributed by atoms with van der Waals surface area (Å²) in [5.41, 5.74) is 0.889. The second-order valence-corrected chi connectivity index (χ2v) is 13.0. The first-order valence-electron chi connectivity index (χ1n) is 12.9. The standard InChI is InChI=1S/C32H34O4/c1-29(2)17-13-9-11-15-19(17)31(5,6)25-23(29)21-22(28(34)35-25)24-26(36-27(21)33)32(7,8)20-16-12-10-14-18(20)30(24,3)4/h9-17,19H,1-8H3/t17-,19-/m1/s1. The molecule has 0 N–H and O–H groups in total. The Morgan fingerprint density at radius 2 is 1.08 bits per heavy atom. The average Bonchev–Trinajstić information content (AvgIpc) is 2.82. The van der Waals surface area contributed by atoms with Crippen LogP contribution in [0.1, 0.15) is 89.2 Å². The number of allylic oxidation sites excluding steroid dienone is 4. The van der Waals surface area contributed by atoms with Crippen molar-refractivity contribution < 1.29 is 8.83 Å². The lowest BCUT2D eigenvalue weighted by atomic mass is 9.52. The normalized spacial score (nSPS) is 25.6.